The maximum Gasteiger partial charge on any atom is 0.227 e. The Hall–Kier alpha value is -0.620. The van der Waals surface area contributed by atoms with E-state index < -0.39 is 0 Å². The number of aryl methyl sites for hydroxylation is 1. The molecule has 66 valence electrons. The second-order valence-electron chi connectivity index (χ2n) is 2.17. The van der Waals surface area contributed by atoms with Crippen LogP contribution in [0.2, 0.25) is 0 Å². The van der Waals surface area contributed by atoms with Crippen molar-refractivity contribution in [1.82, 2.24) is 9.36 Å². The van der Waals surface area contributed by atoms with E-state index >= 15 is 0 Å². The van der Waals surface area contributed by atoms with E-state index in [2.05, 4.69) is 27.3 Å². The summed E-state index contributed by atoms with van der Waals surface area (Å²) in [5.41, 5.74) is 0. The lowest BCUT2D eigenvalue weighted by molar-refractivity contribution is -0.115. The fourth-order valence-electron chi connectivity index (χ4n) is 0.631. The molecular weight excluding hydrogens is 194 g/mol. The predicted molar refractivity (Wildman–Crippen MR) is 51.7 cm³/mol. The van der Waals surface area contributed by atoms with Crippen LogP contribution in [0.5, 0.6) is 0 Å². The van der Waals surface area contributed by atoms with E-state index in [-0.39, 0.29) is 5.91 Å². The second-order valence-corrected chi connectivity index (χ2v) is 3.37. The summed E-state index contributed by atoms with van der Waals surface area (Å²) in [6, 6.07) is 0. The molecule has 1 N–H and O–H groups in total. The fraction of sp³-hybridized carbons (Fsp3) is 0.500. The number of nitrogens with zero attached hydrogens (tertiary/aromatic N) is 2. The Morgan fingerprint density at radius 1 is 1.75 bits per heavy atom. The van der Waals surface area contributed by atoms with Gasteiger partial charge in [-0.3, -0.25) is 4.79 Å². The number of carbonyl (C=O) groups is 1. The predicted octanol–water partition coefficient (Wildman–Crippen LogP) is 1.10. The van der Waals surface area contributed by atoms with Gasteiger partial charge in [0.2, 0.25) is 11.0 Å². The van der Waals surface area contributed by atoms with Gasteiger partial charge < -0.3 is 5.32 Å². The van der Waals surface area contributed by atoms with Crippen molar-refractivity contribution in [2.45, 2.75) is 13.3 Å². The van der Waals surface area contributed by atoms with E-state index in [4.69, 9.17) is 0 Å². The van der Waals surface area contributed by atoms with Crippen molar-refractivity contribution in [1.29, 1.82) is 0 Å². The molecule has 0 saturated carbocycles. The van der Waals surface area contributed by atoms with Gasteiger partial charge in [0, 0.05) is 18.0 Å². The van der Waals surface area contributed by atoms with Crippen molar-refractivity contribution in [3.8, 4) is 0 Å². The summed E-state index contributed by atoms with van der Waals surface area (Å²) in [6.45, 7) is 1.78. The van der Waals surface area contributed by atoms with Gasteiger partial charge in [-0.1, -0.05) is 0 Å². The molecule has 1 aromatic rings. The number of hydrogen-bond acceptors (Lipinski definition) is 5. The quantitative estimate of drug-likeness (QED) is 0.723. The second kappa shape index (κ2) is 4.42. The SMILES string of the molecule is Cc1nsc(NC(=O)CCS)n1. The van der Waals surface area contributed by atoms with Crippen molar-refractivity contribution >= 4 is 35.2 Å². The summed E-state index contributed by atoms with van der Waals surface area (Å²) in [6.07, 6.45) is 0.405. The fourth-order valence-corrected chi connectivity index (χ4v) is 1.43. The summed E-state index contributed by atoms with van der Waals surface area (Å²) >= 11 is 5.12. The Labute approximate surface area is 80.0 Å². The molecular formula is C6H9N3OS2. The van der Waals surface area contributed by atoms with Gasteiger partial charge in [0.05, 0.1) is 0 Å². The third-order valence-electron chi connectivity index (χ3n) is 1.11. The van der Waals surface area contributed by atoms with E-state index in [1.807, 2.05) is 0 Å². The molecule has 1 heterocycles. The van der Waals surface area contributed by atoms with Crippen LogP contribution in [0.4, 0.5) is 5.13 Å². The number of aromatic nitrogens is 2. The lowest BCUT2D eigenvalue weighted by Gasteiger charge is -1.96. The number of amides is 1. The number of rotatable bonds is 3. The van der Waals surface area contributed by atoms with Crippen LogP contribution in [0.15, 0.2) is 0 Å². The van der Waals surface area contributed by atoms with Crippen LogP contribution in [0.1, 0.15) is 12.2 Å². The van der Waals surface area contributed by atoms with E-state index in [1.165, 1.54) is 11.5 Å². The van der Waals surface area contributed by atoms with E-state index in [0.717, 1.165) is 0 Å². The van der Waals surface area contributed by atoms with E-state index in [0.29, 0.717) is 23.1 Å². The number of nitrogens with one attached hydrogen (secondary N) is 1. The smallest absolute Gasteiger partial charge is 0.227 e. The minimum absolute atomic E-state index is 0.0684. The Morgan fingerprint density at radius 3 is 3.00 bits per heavy atom. The molecule has 0 spiro atoms. The minimum Gasteiger partial charge on any atom is -0.301 e. The highest BCUT2D eigenvalue weighted by atomic mass is 32.1. The van der Waals surface area contributed by atoms with E-state index in [1.54, 1.807) is 6.92 Å². The summed E-state index contributed by atoms with van der Waals surface area (Å²) in [5, 5.41) is 3.18. The van der Waals surface area contributed by atoms with Crippen LogP contribution < -0.4 is 5.32 Å². The largest absolute Gasteiger partial charge is 0.301 e. The maximum atomic E-state index is 11.0. The van der Waals surface area contributed by atoms with Gasteiger partial charge in [-0.05, 0) is 12.7 Å². The number of carbonyl (C=O) groups excluding carboxylic acids is 1. The summed E-state index contributed by atoms with van der Waals surface area (Å²) in [4.78, 5) is 15.0. The van der Waals surface area contributed by atoms with Gasteiger partial charge in [0.1, 0.15) is 5.82 Å². The van der Waals surface area contributed by atoms with Gasteiger partial charge in [0.15, 0.2) is 0 Å². The lowest BCUT2D eigenvalue weighted by atomic mass is 10.5. The molecule has 1 amide bonds. The lowest BCUT2D eigenvalue weighted by Crippen LogP contribution is -2.11. The number of hydrogen-bond donors (Lipinski definition) is 2. The van der Waals surface area contributed by atoms with Crippen molar-refractivity contribution < 1.29 is 4.79 Å². The molecule has 1 aromatic heterocycles. The molecule has 12 heavy (non-hydrogen) atoms. The topological polar surface area (TPSA) is 54.9 Å². The maximum absolute atomic E-state index is 11.0. The standard InChI is InChI=1S/C6H9N3OS2/c1-4-7-6(12-9-4)8-5(10)2-3-11/h11H,2-3H2,1H3,(H,7,8,9,10). The Bertz CT molecular complexity index is 274. The average Bonchev–Trinajstić information content (AvgIpc) is 2.36. The Morgan fingerprint density at radius 2 is 2.50 bits per heavy atom. The zero-order valence-electron chi connectivity index (χ0n) is 6.57. The first-order valence-corrected chi connectivity index (χ1v) is 4.84. The molecule has 0 radical (unpaired) electrons. The van der Waals surface area contributed by atoms with Crippen LogP contribution in [0.3, 0.4) is 0 Å². The molecule has 0 fully saturated rings. The molecule has 0 aliphatic rings. The summed E-state index contributed by atoms with van der Waals surface area (Å²) < 4.78 is 3.93. The first-order valence-electron chi connectivity index (χ1n) is 3.43. The normalized spacial score (nSPS) is 9.83. The summed E-state index contributed by atoms with van der Waals surface area (Å²) in [7, 11) is 0. The number of anilines is 1. The minimum atomic E-state index is -0.0684. The first-order chi connectivity index (χ1) is 5.72. The van der Waals surface area contributed by atoms with Crippen LogP contribution >= 0.6 is 24.2 Å². The van der Waals surface area contributed by atoms with Gasteiger partial charge in [-0.15, -0.1) is 0 Å². The molecule has 1 rings (SSSR count). The zero-order valence-corrected chi connectivity index (χ0v) is 8.28. The molecule has 0 aliphatic heterocycles. The summed E-state index contributed by atoms with van der Waals surface area (Å²) in [5.74, 6) is 1.16. The van der Waals surface area contributed by atoms with Crippen LogP contribution in [0, 0.1) is 6.92 Å². The van der Waals surface area contributed by atoms with Crippen LogP contribution in [-0.2, 0) is 4.79 Å². The monoisotopic (exact) mass is 203 g/mol. The molecule has 6 heteroatoms. The highest BCUT2D eigenvalue weighted by Gasteiger charge is 2.04. The van der Waals surface area contributed by atoms with Crippen molar-refractivity contribution in [3.63, 3.8) is 0 Å². The van der Waals surface area contributed by atoms with Gasteiger partial charge in [0.25, 0.3) is 0 Å². The first kappa shape index (κ1) is 9.47. The third kappa shape index (κ3) is 2.78. The van der Waals surface area contributed by atoms with Crippen LogP contribution in [0.25, 0.3) is 0 Å². The molecule has 0 atom stereocenters. The molecule has 0 aliphatic carbocycles. The van der Waals surface area contributed by atoms with Crippen LogP contribution in [-0.4, -0.2) is 21.0 Å². The molecule has 0 saturated heterocycles. The number of thiol groups is 1. The Kier molecular flexibility index (Phi) is 3.48. The molecule has 0 bridgehead atoms. The van der Waals surface area contributed by atoms with Crippen molar-refractivity contribution in [2.24, 2.45) is 0 Å². The molecule has 4 nitrogen and oxygen atoms in total. The van der Waals surface area contributed by atoms with Gasteiger partial charge >= 0.3 is 0 Å². The molecule has 0 aromatic carbocycles. The van der Waals surface area contributed by atoms with Crippen molar-refractivity contribution in [3.05, 3.63) is 5.82 Å². The van der Waals surface area contributed by atoms with Crippen molar-refractivity contribution in [2.75, 3.05) is 11.1 Å². The van der Waals surface area contributed by atoms with Gasteiger partial charge in [-0.2, -0.15) is 17.0 Å². The van der Waals surface area contributed by atoms with Gasteiger partial charge in [-0.25, -0.2) is 4.98 Å². The zero-order chi connectivity index (χ0) is 8.97. The highest BCUT2D eigenvalue weighted by Crippen LogP contribution is 2.09. The highest BCUT2D eigenvalue weighted by molar-refractivity contribution is 7.80. The average molecular weight is 203 g/mol. The molecule has 0 unspecified atom stereocenters. The third-order valence-corrected chi connectivity index (χ3v) is 2.06. The Balaban J connectivity index is 2.46. The van der Waals surface area contributed by atoms with E-state index in [9.17, 15) is 4.79 Å².